The lowest BCUT2D eigenvalue weighted by Gasteiger charge is -2.44. The lowest BCUT2D eigenvalue weighted by Crippen LogP contribution is -2.56. The Bertz CT molecular complexity index is 2370. The Morgan fingerprint density at radius 2 is 1.49 bits per heavy atom. The van der Waals surface area contributed by atoms with Crippen molar-refractivity contribution in [3.05, 3.63) is 130 Å². The second-order valence-corrected chi connectivity index (χ2v) is 15.0. The summed E-state index contributed by atoms with van der Waals surface area (Å²) in [5.74, 6) is -2.90. The molecule has 0 atom stereocenters. The molecule has 0 bridgehead atoms. The summed E-state index contributed by atoms with van der Waals surface area (Å²) in [6, 6.07) is 22.8. The summed E-state index contributed by atoms with van der Waals surface area (Å²) in [5, 5.41) is 7.73. The number of aliphatic carboxylic acids is 1. The number of fused-ring (bicyclic) bond motifs is 1. The van der Waals surface area contributed by atoms with E-state index in [4.69, 9.17) is 14.6 Å². The highest BCUT2D eigenvalue weighted by Gasteiger charge is 2.40. The minimum absolute atomic E-state index is 0.0992. The molecule has 5 aromatic rings. The van der Waals surface area contributed by atoms with Gasteiger partial charge in [0.1, 0.15) is 35.3 Å². The summed E-state index contributed by atoms with van der Waals surface area (Å²) in [5.41, 5.74) is 1.59. The molecule has 0 saturated carbocycles. The van der Waals surface area contributed by atoms with Crippen LogP contribution in [-0.2, 0) is 45.1 Å². The number of carbonyl (C=O) groups excluding carboxylic acids is 2. The Morgan fingerprint density at radius 3 is 2.08 bits per heavy atom. The van der Waals surface area contributed by atoms with E-state index in [9.17, 15) is 36.3 Å². The number of amides is 1. The lowest BCUT2D eigenvalue weighted by atomic mass is 9.95. The predicted octanol–water partition coefficient (Wildman–Crippen LogP) is 7.95. The molecule has 1 saturated heterocycles. The molecular formula is C45H47F5N4O7. The van der Waals surface area contributed by atoms with E-state index in [1.54, 1.807) is 40.7 Å². The summed E-state index contributed by atoms with van der Waals surface area (Å²) >= 11 is 0. The fourth-order valence-electron chi connectivity index (χ4n) is 7.27. The molecule has 1 aliphatic heterocycles. The molecule has 1 fully saturated rings. The Morgan fingerprint density at radius 1 is 0.885 bits per heavy atom. The third-order valence-electron chi connectivity index (χ3n) is 10.4. The van der Waals surface area contributed by atoms with Gasteiger partial charge in [0.25, 0.3) is 11.5 Å². The maximum atomic E-state index is 14.7. The van der Waals surface area contributed by atoms with Crippen LogP contribution in [0.4, 0.5) is 22.0 Å². The van der Waals surface area contributed by atoms with Gasteiger partial charge in [-0.05, 0) is 92.6 Å². The summed E-state index contributed by atoms with van der Waals surface area (Å²) in [7, 11) is 0. The SMILES string of the molecule is CC(=O)O.CCOC(=O)C(C)(C)N1CCC(N(Cc2ccc(-c3ccc(OC(F)(F)F)cc3)cc2)C(=O)Cn2c(CCc3ccc(F)cc3F)nc(=O)c3ccccc32)CC1. The number of carboxylic acid groups (broad SMARTS) is 1. The van der Waals surface area contributed by atoms with Gasteiger partial charge in [-0.2, -0.15) is 4.98 Å². The molecule has 0 unspecified atom stereocenters. The van der Waals surface area contributed by atoms with E-state index in [2.05, 4.69) is 14.6 Å². The predicted molar refractivity (Wildman–Crippen MR) is 217 cm³/mol. The van der Waals surface area contributed by atoms with E-state index in [0.717, 1.165) is 30.2 Å². The first kappa shape index (κ1) is 45.9. The lowest BCUT2D eigenvalue weighted by molar-refractivity contribution is -0.274. The molecule has 0 spiro atoms. The Balaban J connectivity index is 0.00000168. The first-order valence-corrected chi connectivity index (χ1v) is 19.6. The summed E-state index contributed by atoms with van der Waals surface area (Å²) < 4.78 is 77.3. The van der Waals surface area contributed by atoms with Gasteiger partial charge in [0.2, 0.25) is 5.91 Å². The molecule has 1 amide bonds. The zero-order valence-corrected chi connectivity index (χ0v) is 34.2. The molecule has 61 heavy (non-hydrogen) atoms. The van der Waals surface area contributed by atoms with Gasteiger partial charge >= 0.3 is 12.3 Å². The molecule has 4 aromatic carbocycles. The quantitative estimate of drug-likeness (QED) is 0.0927. The average molecular weight is 851 g/mol. The van der Waals surface area contributed by atoms with Gasteiger partial charge in [-0.3, -0.25) is 24.1 Å². The van der Waals surface area contributed by atoms with Crippen LogP contribution in [0.15, 0.2) is 95.8 Å². The Labute approximate surface area is 349 Å². The van der Waals surface area contributed by atoms with Crippen LogP contribution in [-0.4, -0.2) is 79.9 Å². The van der Waals surface area contributed by atoms with E-state index in [0.29, 0.717) is 42.4 Å². The van der Waals surface area contributed by atoms with Gasteiger partial charge in [0, 0.05) is 45.1 Å². The van der Waals surface area contributed by atoms with E-state index in [-0.39, 0.29) is 67.6 Å². The van der Waals surface area contributed by atoms with Crippen molar-refractivity contribution >= 4 is 28.7 Å². The smallest absolute Gasteiger partial charge is 0.481 e. The number of halogens is 5. The molecule has 0 aliphatic carbocycles. The van der Waals surface area contributed by atoms with Crippen molar-refractivity contribution in [3.63, 3.8) is 0 Å². The van der Waals surface area contributed by atoms with Crippen molar-refractivity contribution < 1.29 is 50.9 Å². The number of para-hydroxylation sites is 1. The Kier molecular flexibility index (Phi) is 15.0. The van der Waals surface area contributed by atoms with Crippen LogP contribution < -0.4 is 10.3 Å². The van der Waals surface area contributed by atoms with Crippen molar-refractivity contribution in [1.29, 1.82) is 0 Å². The molecule has 1 aliphatic rings. The van der Waals surface area contributed by atoms with Crippen molar-refractivity contribution in [1.82, 2.24) is 19.4 Å². The van der Waals surface area contributed by atoms with Crippen molar-refractivity contribution in [3.8, 4) is 16.9 Å². The maximum Gasteiger partial charge on any atom is 0.573 e. The van der Waals surface area contributed by atoms with E-state index in [1.807, 2.05) is 38.1 Å². The van der Waals surface area contributed by atoms with Crippen LogP contribution in [0.5, 0.6) is 5.75 Å². The summed E-state index contributed by atoms with van der Waals surface area (Å²) in [6.07, 6.45) is -3.49. The van der Waals surface area contributed by atoms with Gasteiger partial charge in [0.05, 0.1) is 17.5 Å². The molecule has 16 heteroatoms. The number of carboxylic acids is 1. The van der Waals surface area contributed by atoms with Crippen molar-refractivity contribution in [2.45, 2.75) is 84.4 Å². The van der Waals surface area contributed by atoms with Crippen LogP contribution in [0.25, 0.3) is 22.0 Å². The number of alkyl halides is 3. The monoisotopic (exact) mass is 850 g/mol. The number of rotatable bonds is 13. The zero-order chi connectivity index (χ0) is 44.5. The first-order valence-electron chi connectivity index (χ1n) is 19.6. The minimum Gasteiger partial charge on any atom is -0.481 e. The third kappa shape index (κ3) is 12.2. The van der Waals surface area contributed by atoms with Gasteiger partial charge in [-0.1, -0.05) is 54.6 Å². The molecule has 0 radical (unpaired) electrons. The normalized spacial score (nSPS) is 13.6. The molecule has 6 rings (SSSR count). The number of piperidine rings is 1. The number of esters is 1. The van der Waals surface area contributed by atoms with Gasteiger partial charge < -0.3 is 24.0 Å². The number of carbonyl (C=O) groups is 3. The fraction of sp³-hybridized carbons (Fsp3) is 0.356. The third-order valence-corrected chi connectivity index (χ3v) is 10.4. The highest BCUT2D eigenvalue weighted by atomic mass is 19.4. The highest BCUT2D eigenvalue weighted by molar-refractivity contribution is 5.82. The van der Waals surface area contributed by atoms with Gasteiger partial charge in [0.15, 0.2) is 0 Å². The minimum atomic E-state index is -4.80. The second kappa shape index (κ2) is 19.9. The molecule has 1 aromatic heterocycles. The van der Waals surface area contributed by atoms with Crippen LogP contribution in [0.2, 0.25) is 0 Å². The molecule has 1 N–H and O–H groups in total. The number of benzene rings is 4. The van der Waals surface area contributed by atoms with Crippen molar-refractivity contribution in [2.24, 2.45) is 0 Å². The molecule has 11 nitrogen and oxygen atoms in total. The summed E-state index contributed by atoms with van der Waals surface area (Å²) in [6.45, 7) is 7.80. The number of nitrogens with zero attached hydrogens (tertiary/aromatic N) is 4. The summed E-state index contributed by atoms with van der Waals surface area (Å²) in [4.78, 5) is 57.8. The number of hydrogen-bond donors (Lipinski definition) is 1. The largest absolute Gasteiger partial charge is 0.573 e. The van der Waals surface area contributed by atoms with E-state index >= 15 is 0 Å². The highest BCUT2D eigenvalue weighted by Crippen LogP contribution is 2.29. The van der Waals surface area contributed by atoms with Crippen LogP contribution in [0.1, 0.15) is 57.5 Å². The molecular weight excluding hydrogens is 804 g/mol. The van der Waals surface area contributed by atoms with Crippen LogP contribution in [0, 0.1) is 11.6 Å². The standard InChI is InChI=1S/C43H43F5N4O5.C2H4O2/c1-4-56-41(55)42(2,3)50-23-21-33(22-24-50)51(26-28-9-11-29(12-10-28)30-14-18-34(19-15-30)57-43(46,47)48)39(53)27-52-37-8-6-5-7-35(37)40(54)49-38(52)20-16-31-13-17-32(44)25-36(31)45;1-2(3)4/h5-15,17-19,25,33H,4,16,20-24,26-27H2,1-3H3;1H3,(H,3,4). The van der Waals surface area contributed by atoms with Gasteiger partial charge in [-0.15, -0.1) is 13.2 Å². The van der Waals surface area contributed by atoms with Crippen LogP contribution >= 0.6 is 0 Å². The van der Waals surface area contributed by atoms with Crippen molar-refractivity contribution in [2.75, 3.05) is 19.7 Å². The molecule has 324 valence electrons. The van der Waals surface area contributed by atoms with E-state index < -0.39 is 35.1 Å². The average Bonchev–Trinajstić information content (AvgIpc) is 3.21. The number of ether oxygens (including phenoxy) is 2. The molecule has 2 heterocycles. The number of hydrogen-bond acceptors (Lipinski definition) is 8. The number of aromatic nitrogens is 2. The number of likely N-dealkylation sites (tertiary alicyclic amines) is 1. The zero-order valence-electron chi connectivity index (χ0n) is 34.2. The van der Waals surface area contributed by atoms with E-state index in [1.165, 1.54) is 30.3 Å². The second-order valence-electron chi connectivity index (χ2n) is 15.0. The first-order chi connectivity index (χ1) is 28.9. The van der Waals surface area contributed by atoms with Crippen LogP contribution in [0.3, 0.4) is 0 Å². The maximum absolute atomic E-state index is 14.7. The fourth-order valence-corrected chi connectivity index (χ4v) is 7.27. The number of aryl methyl sites for hydroxylation is 2. The topological polar surface area (TPSA) is 131 Å². The Hall–Kier alpha value is -6.16. The van der Waals surface area contributed by atoms with Gasteiger partial charge in [-0.25, -0.2) is 8.78 Å².